The normalized spacial score (nSPS) is 11.0. The maximum atomic E-state index is 6.23. The van der Waals surface area contributed by atoms with E-state index >= 15 is 0 Å². The summed E-state index contributed by atoms with van der Waals surface area (Å²) in [7, 11) is 0. The van der Waals surface area contributed by atoms with Crippen LogP contribution in [0.4, 0.5) is 0 Å². The number of benzene rings is 1. The minimum atomic E-state index is -0.201. The molecule has 1 rings (SSSR count). The highest BCUT2D eigenvalue weighted by atomic mass is 35.5. The van der Waals surface area contributed by atoms with Crippen molar-refractivity contribution in [2.45, 2.75) is 39.4 Å². The molecule has 0 saturated heterocycles. The van der Waals surface area contributed by atoms with Gasteiger partial charge < -0.3 is 23.7 Å². The van der Waals surface area contributed by atoms with Gasteiger partial charge in [-0.1, -0.05) is 46.4 Å². The molecule has 0 atom stereocenters. The number of halogens is 4. The van der Waals surface area contributed by atoms with Crippen LogP contribution in [-0.2, 0) is 14.2 Å². The summed E-state index contributed by atoms with van der Waals surface area (Å²) in [5.74, 6) is 0.938. The fraction of sp³-hybridized carbons (Fsp3) is 0.600. The highest BCUT2D eigenvalue weighted by Crippen LogP contribution is 2.37. The molecule has 0 fully saturated rings. The van der Waals surface area contributed by atoms with Crippen molar-refractivity contribution in [3.05, 3.63) is 32.7 Å². The molecule has 0 radical (unpaired) electrons. The molecule has 0 aromatic heterocycles. The minimum Gasteiger partial charge on any atom is -0.490 e. The first-order valence-corrected chi connectivity index (χ1v) is 11.1. The fourth-order valence-corrected chi connectivity index (χ4v) is 3.01. The first-order valence-electron chi connectivity index (χ1n) is 9.54. The zero-order valence-electron chi connectivity index (χ0n) is 16.7. The summed E-state index contributed by atoms with van der Waals surface area (Å²) in [6.45, 7) is 7.06. The van der Waals surface area contributed by atoms with Crippen LogP contribution in [0.2, 0.25) is 10.0 Å². The van der Waals surface area contributed by atoms with Crippen molar-refractivity contribution in [2.24, 2.45) is 0 Å². The minimum absolute atomic E-state index is 0.134. The van der Waals surface area contributed by atoms with Gasteiger partial charge in [-0.2, -0.15) is 0 Å². The molecule has 0 aliphatic heterocycles. The third-order valence-electron chi connectivity index (χ3n) is 3.59. The van der Waals surface area contributed by atoms with Crippen molar-refractivity contribution in [1.82, 2.24) is 0 Å². The van der Waals surface area contributed by atoms with Gasteiger partial charge in [-0.05, 0) is 32.8 Å². The van der Waals surface area contributed by atoms with Gasteiger partial charge in [-0.15, -0.1) is 0 Å². The molecular weight excluding hydrogens is 462 g/mol. The summed E-state index contributed by atoms with van der Waals surface area (Å²) in [6, 6.07) is 3.27. The summed E-state index contributed by atoms with van der Waals surface area (Å²) in [5, 5.41) is 0.755. The monoisotopic (exact) mass is 488 g/mol. The van der Waals surface area contributed by atoms with E-state index in [4.69, 9.17) is 70.1 Å². The maximum Gasteiger partial charge on any atom is 0.159 e. The molecule has 9 heteroatoms. The van der Waals surface area contributed by atoms with Crippen LogP contribution in [0.25, 0.3) is 0 Å². The van der Waals surface area contributed by atoms with Gasteiger partial charge in [-0.25, -0.2) is 0 Å². The molecule has 1 aromatic carbocycles. The number of unbranched alkanes of at least 4 members (excludes halogenated alkanes) is 1. The molecule has 166 valence electrons. The van der Waals surface area contributed by atoms with Gasteiger partial charge in [0.05, 0.1) is 23.3 Å². The Kier molecular flexibility index (Phi) is 15.0. The molecule has 29 heavy (non-hydrogen) atoms. The van der Waals surface area contributed by atoms with E-state index in [2.05, 4.69) is 0 Å². The van der Waals surface area contributed by atoms with Crippen LogP contribution in [0.1, 0.15) is 33.1 Å². The molecule has 0 aliphatic rings. The van der Waals surface area contributed by atoms with E-state index in [0.29, 0.717) is 61.0 Å². The molecule has 0 unspecified atom stereocenters. The molecule has 0 saturated carbocycles. The number of hydrogen-bond acceptors (Lipinski definition) is 5. The van der Waals surface area contributed by atoms with Crippen LogP contribution >= 0.6 is 46.4 Å². The van der Waals surface area contributed by atoms with Crippen LogP contribution in [0.15, 0.2) is 22.7 Å². The van der Waals surface area contributed by atoms with E-state index in [0.717, 1.165) is 12.8 Å². The molecule has 1 aromatic rings. The largest absolute Gasteiger partial charge is 0.490 e. The third-order valence-corrected chi connectivity index (χ3v) is 4.46. The van der Waals surface area contributed by atoms with Crippen molar-refractivity contribution in [3.8, 4) is 11.5 Å². The molecule has 0 aliphatic carbocycles. The Morgan fingerprint density at radius 1 is 0.931 bits per heavy atom. The zero-order chi connectivity index (χ0) is 21.5. The quantitative estimate of drug-likeness (QED) is 0.192. The molecule has 0 bridgehead atoms. The van der Waals surface area contributed by atoms with Crippen LogP contribution < -0.4 is 9.47 Å². The van der Waals surface area contributed by atoms with Gasteiger partial charge in [0.15, 0.2) is 12.0 Å². The van der Waals surface area contributed by atoms with Crippen molar-refractivity contribution in [3.63, 3.8) is 0 Å². The summed E-state index contributed by atoms with van der Waals surface area (Å²) >= 11 is 23.5. The predicted molar refractivity (Wildman–Crippen MR) is 119 cm³/mol. The highest BCUT2D eigenvalue weighted by molar-refractivity contribution is 6.55. The van der Waals surface area contributed by atoms with E-state index in [1.165, 1.54) is 6.08 Å². The predicted octanol–water partition coefficient (Wildman–Crippen LogP) is 6.66. The highest BCUT2D eigenvalue weighted by Gasteiger charge is 2.11. The molecular formula is C20H28Cl4O5. The fourth-order valence-electron chi connectivity index (χ4n) is 2.31. The summed E-state index contributed by atoms with van der Waals surface area (Å²) in [5.41, 5.74) is 0. The molecule has 0 spiro atoms. The van der Waals surface area contributed by atoms with Gasteiger partial charge in [0.1, 0.15) is 16.8 Å². The molecule has 0 heterocycles. The average molecular weight is 490 g/mol. The third kappa shape index (κ3) is 12.1. The van der Waals surface area contributed by atoms with Gasteiger partial charge in [-0.3, -0.25) is 0 Å². The Bertz CT molecular complexity index is 580. The summed E-state index contributed by atoms with van der Waals surface area (Å²) in [6.07, 6.45) is 3.70. The van der Waals surface area contributed by atoms with Crippen molar-refractivity contribution in [2.75, 3.05) is 39.6 Å². The lowest BCUT2D eigenvalue weighted by Crippen LogP contribution is -2.19. The summed E-state index contributed by atoms with van der Waals surface area (Å²) < 4.78 is 27.9. The van der Waals surface area contributed by atoms with Gasteiger partial charge in [0.25, 0.3) is 0 Å². The van der Waals surface area contributed by atoms with Gasteiger partial charge >= 0.3 is 0 Å². The molecule has 0 amide bonds. The van der Waals surface area contributed by atoms with Gasteiger partial charge in [0.2, 0.25) is 0 Å². The Balaban J connectivity index is 2.25. The lowest BCUT2D eigenvalue weighted by molar-refractivity contribution is -0.146. The van der Waals surface area contributed by atoms with Crippen molar-refractivity contribution >= 4 is 46.4 Å². The van der Waals surface area contributed by atoms with Crippen LogP contribution in [0, 0.1) is 0 Å². The van der Waals surface area contributed by atoms with E-state index < -0.39 is 0 Å². The lowest BCUT2D eigenvalue weighted by atomic mass is 10.3. The standard InChI is InChI=1S/C20H28Cl4O5/c1-3-26-19(27-4-2)8-11-25-9-5-6-10-29-20-16(21)13-15(14-17(20)22)28-12-7-18(23)24/h7,13-14,19H,3-6,8-12H2,1-2H3. The first-order chi connectivity index (χ1) is 14.0. The smallest absolute Gasteiger partial charge is 0.159 e. The average Bonchev–Trinajstić information content (AvgIpc) is 2.65. The van der Waals surface area contributed by atoms with E-state index in [1.807, 2.05) is 13.8 Å². The first kappa shape index (κ1) is 26.6. The number of ether oxygens (including phenoxy) is 5. The van der Waals surface area contributed by atoms with Crippen molar-refractivity contribution < 1.29 is 23.7 Å². The Hall–Kier alpha value is -0.400. The summed E-state index contributed by atoms with van der Waals surface area (Å²) in [4.78, 5) is 0. The Morgan fingerprint density at radius 2 is 1.55 bits per heavy atom. The van der Waals surface area contributed by atoms with Crippen LogP contribution in [0.3, 0.4) is 0 Å². The molecule has 5 nitrogen and oxygen atoms in total. The zero-order valence-corrected chi connectivity index (χ0v) is 19.8. The van der Waals surface area contributed by atoms with Gasteiger partial charge in [0, 0.05) is 38.4 Å². The maximum absolute atomic E-state index is 6.23. The molecule has 0 N–H and O–H groups in total. The van der Waals surface area contributed by atoms with E-state index in [1.54, 1.807) is 12.1 Å². The second-order valence-electron chi connectivity index (χ2n) is 5.82. The van der Waals surface area contributed by atoms with Crippen LogP contribution in [0.5, 0.6) is 11.5 Å². The second kappa shape index (κ2) is 16.3. The Morgan fingerprint density at radius 3 is 2.14 bits per heavy atom. The lowest BCUT2D eigenvalue weighted by Gasteiger charge is -2.16. The second-order valence-corrected chi connectivity index (χ2v) is 7.64. The van der Waals surface area contributed by atoms with Crippen LogP contribution in [-0.4, -0.2) is 45.9 Å². The van der Waals surface area contributed by atoms with E-state index in [-0.39, 0.29) is 17.4 Å². The Labute approximate surface area is 193 Å². The number of hydrogen-bond donors (Lipinski definition) is 0. The SMILES string of the molecule is CCOC(CCOCCCCOc1c(Cl)cc(OCC=C(Cl)Cl)cc1Cl)OCC. The van der Waals surface area contributed by atoms with E-state index in [9.17, 15) is 0 Å². The number of rotatable bonds is 16. The topological polar surface area (TPSA) is 46.2 Å². The van der Waals surface area contributed by atoms with Crippen molar-refractivity contribution in [1.29, 1.82) is 0 Å².